The molecule has 3 heteroatoms. The van der Waals surface area contributed by atoms with Crippen molar-refractivity contribution in [3.63, 3.8) is 0 Å². The lowest BCUT2D eigenvalue weighted by Crippen LogP contribution is -2.40. The van der Waals surface area contributed by atoms with Gasteiger partial charge in [0.1, 0.15) is 0 Å². The van der Waals surface area contributed by atoms with Crippen molar-refractivity contribution in [2.75, 3.05) is 6.61 Å². The number of hydrogen-bond acceptors (Lipinski definition) is 1. The largest absolute Gasteiger partial charge is 0.417 e. The third-order valence-corrected chi connectivity index (χ3v) is 8.42. The van der Waals surface area contributed by atoms with E-state index < -0.39 is 8.32 Å². The zero-order valence-corrected chi connectivity index (χ0v) is 14.6. The molecule has 0 amide bonds. The summed E-state index contributed by atoms with van der Waals surface area (Å²) in [5, 5.41) is 0.344. The summed E-state index contributed by atoms with van der Waals surface area (Å²) in [6, 6.07) is 0. The van der Waals surface area contributed by atoms with Gasteiger partial charge in [-0.1, -0.05) is 55.9 Å². The van der Waals surface area contributed by atoms with E-state index >= 15 is 0 Å². The van der Waals surface area contributed by atoms with Crippen molar-refractivity contribution in [2.45, 2.75) is 64.6 Å². The van der Waals surface area contributed by atoms with Gasteiger partial charge in [-0.15, -0.1) is 0 Å². The number of hydrogen-bond donors (Lipinski definition) is 0. The predicted molar refractivity (Wildman–Crippen MR) is 84.8 cm³/mol. The third kappa shape index (κ3) is 7.07. The molecule has 0 aromatic carbocycles. The molecule has 1 nitrogen and oxygen atoms in total. The average molecular weight is 354 g/mol. The van der Waals surface area contributed by atoms with Gasteiger partial charge in [0.05, 0.1) is 0 Å². The maximum Gasteiger partial charge on any atom is 0.191 e. The van der Waals surface area contributed by atoms with Gasteiger partial charge in [0, 0.05) is 6.61 Å². The fourth-order valence-corrected chi connectivity index (χ4v) is 2.60. The lowest BCUT2D eigenvalue weighted by Gasteiger charge is -2.36. The SMILES string of the molecule is CC(C)(C)[Si](C)(C)OCCCCCC=CI. The van der Waals surface area contributed by atoms with E-state index in [1.165, 1.54) is 25.7 Å². The Morgan fingerprint density at radius 1 is 1.12 bits per heavy atom. The van der Waals surface area contributed by atoms with Gasteiger partial charge in [-0.25, -0.2) is 0 Å². The smallest absolute Gasteiger partial charge is 0.191 e. The molecule has 0 atom stereocenters. The maximum absolute atomic E-state index is 6.12. The van der Waals surface area contributed by atoms with Crippen LogP contribution in [0.2, 0.25) is 18.1 Å². The topological polar surface area (TPSA) is 9.23 Å². The van der Waals surface area contributed by atoms with Crippen LogP contribution in [0.25, 0.3) is 0 Å². The van der Waals surface area contributed by atoms with Gasteiger partial charge in [0.15, 0.2) is 8.32 Å². The fourth-order valence-electron chi connectivity index (χ4n) is 1.15. The first-order valence-corrected chi connectivity index (χ1v) is 10.4. The molecule has 0 aromatic rings. The minimum absolute atomic E-state index is 0.344. The molecule has 0 spiro atoms. The lowest BCUT2D eigenvalue weighted by atomic mass is 10.2. The van der Waals surface area contributed by atoms with Gasteiger partial charge in [0.2, 0.25) is 0 Å². The van der Waals surface area contributed by atoms with E-state index in [9.17, 15) is 0 Å². The number of allylic oxidation sites excluding steroid dienone is 1. The molecule has 0 aliphatic carbocycles. The summed E-state index contributed by atoms with van der Waals surface area (Å²) in [6.07, 6.45) is 7.23. The summed E-state index contributed by atoms with van der Waals surface area (Å²) in [5.74, 6) is 0. The van der Waals surface area contributed by atoms with E-state index in [-0.39, 0.29) is 0 Å². The van der Waals surface area contributed by atoms with Gasteiger partial charge >= 0.3 is 0 Å². The standard InChI is InChI=1S/C13H27IOSi/c1-13(2,3)16(4,5)15-12-10-8-6-7-9-11-14/h9,11H,6-8,10,12H2,1-5H3. The minimum atomic E-state index is -1.50. The van der Waals surface area contributed by atoms with Crippen LogP contribution in [0.5, 0.6) is 0 Å². The fraction of sp³-hybridized carbons (Fsp3) is 0.846. The second-order valence-corrected chi connectivity index (χ2v) is 11.3. The summed E-state index contributed by atoms with van der Waals surface area (Å²) in [6.45, 7) is 12.5. The van der Waals surface area contributed by atoms with Crippen molar-refractivity contribution in [3.05, 3.63) is 10.2 Å². The Kier molecular flexibility index (Phi) is 8.19. The Bertz CT molecular complexity index is 206. The van der Waals surface area contributed by atoms with Crippen molar-refractivity contribution in [1.29, 1.82) is 0 Å². The third-order valence-electron chi connectivity index (χ3n) is 3.37. The summed E-state index contributed by atoms with van der Waals surface area (Å²) in [5.41, 5.74) is 0. The Labute approximate surface area is 116 Å². The zero-order chi connectivity index (χ0) is 12.7. The highest BCUT2D eigenvalue weighted by atomic mass is 127. The first-order chi connectivity index (χ1) is 7.31. The average Bonchev–Trinajstić information content (AvgIpc) is 2.14. The normalized spacial score (nSPS) is 13.6. The van der Waals surface area contributed by atoms with Crippen LogP contribution >= 0.6 is 22.6 Å². The molecule has 0 aliphatic rings. The van der Waals surface area contributed by atoms with Crippen molar-refractivity contribution >= 4 is 30.9 Å². The molecule has 0 aliphatic heterocycles. The van der Waals surface area contributed by atoms with Crippen LogP contribution in [-0.2, 0) is 4.43 Å². The Morgan fingerprint density at radius 3 is 2.25 bits per heavy atom. The van der Waals surface area contributed by atoms with Crippen LogP contribution in [0.3, 0.4) is 0 Å². The lowest BCUT2D eigenvalue weighted by molar-refractivity contribution is 0.278. The molecule has 0 saturated carbocycles. The first kappa shape index (κ1) is 16.6. The molecule has 0 saturated heterocycles. The van der Waals surface area contributed by atoms with E-state index in [0.29, 0.717) is 5.04 Å². The van der Waals surface area contributed by atoms with Gasteiger partial charge in [-0.3, -0.25) is 0 Å². The molecule has 0 aromatic heterocycles. The highest BCUT2D eigenvalue weighted by Crippen LogP contribution is 2.36. The van der Waals surface area contributed by atoms with Crippen molar-refractivity contribution in [1.82, 2.24) is 0 Å². The van der Waals surface area contributed by atoms with E-state index in [0.717, 1.165) is 6.61 Å². The molecule has 0 unspecified atom stereocenters. The summed E-state index contributed by atoms with van der Waals surface area (Å²) < 4.78 is 8.22. The monoisotopic (exact) mass is 354 g/mol. The van der Waals surface area contributed by atoms with Crippen LogP contribution in [0.1, 0.15) is 46.5 Å². The quantitative estimate of drug-likeness (QED) is 0.332. The highest BCUT2D eigenvalue weighted by Gasteiger charge is 2.36. The van der Waals surface area contributed by atoms with Crippen LogP contribution in [-0.4, -0.2) is 14.9 Å². The first-order valence-electron chi connectivity index (χ1n) is 6.20. The molecular weight excluding hydrogens is 327 g/mol. The molecule has 96 valence electrons. The van der Waals surface area contributed by atoms with Crippen molar-refractivity contribution < 1.29 is 4.43 Å². The van der Waals surface area contributed by atoms with Gasteiger partial charge < -0.3 is 4.43 Å². The molecule has 0 N–H and O–H groups in total. The molecule has 0 rings (SSSR count). The van der Waals surface area contributed by atoms with Crippen molar-refractivity contribution in [3.8, 4) is 0 Å². The second kappa shape index (κ2) is 7.87. The summed E-state index contributed by atoms with van der Waals surface area (Å²) in [4.78, 5) is 0. The van der Waals surface area contributed by atoms with E-state index in [1.54, 1.807) is 0 Å². The van der Waals surface area contributed by atoms with Crippen LogP contribution in [0.15, 0.2) is 10.2 Å². The zero-order valence-electron chi connectivity index (χ0n) is 11.5. The molecule has 0 heterocycles. The Hall–Kier alpha value is 0.647. The van der Waals surface area contributed by atoms with E-state index in [2.05, 4.69) is 66.6 Å². The second-order valence-electron chi connectivity index (χ2n) is 5.82. The van der Waals surface area contributed by atoms with Gasteiger partial charge in [0.25, 0.3) is 0 Å². The van der Waals surface area contributed by atoms with Gasteiger partial charge in [-0.05, 0) is 41.5 Å². The minimum Gasteiger partial charge on any atom is -0.417 e. The van der Waals surface area contributed by atoms with Crippen LogP contribution in [0, 0.1) is 0 Å². The van der Waals surface area contributed by atoms with Crippen LogP contribution < -0.4 is 0 Å². The molecule has 16 heavy (non-hydrogen) atoms. The predicted octanol–water partition coefficient (Wildman–Crippen LogP) is 5.52. The summed E-state index contributed by atoms with van der Waals surface area (Å²) in [7, 11) is -1.50. The number of unbranched alkanes of at least 4 members (excludes halogenated alkanes) is 3. The molecule has 0 radical (unpaired) electrons. The molecule has 0 fully saturated rings. The molecular formula is C13H27IOSi. The maximum atomic E-state index is 6.12. The number of rotatable bonds is 7. The van der Waals surface area contributed by atoms with Crippen LogP contribution in [0.4, 0.5) is 0 Å². The highest BCUT2D eigenvalue weighted by molar-refractivity contribution is 14.1. The van der Waals surface area contributed by atoms with E-state index in [1.807, 2.05) is 0 Å². The van der Waals surface area contributed by atoms with Gasteiger partial charge in [-0.2, -0.15) is 0 Å². The number of halogens is 1. The van der Waals surface area contributed by atoms with Crippen molar-refractivity contribution in [2.24, 2.45) is 0 Å². The molecule has 0 bridgehead atoms. The summed E-state index contributed by atoms with van der Waals surface area (Å²) >= 11 is 2.28. The Balaban J connectivity index is 3.59. The van der Waals surface area contributed by atoms with E-state index in [4.69, 9.17) is 4.43 Å². The Morgan fingerprint density at radius 2 is 1.75 bits per heavy atom.